The van der Waals surface area contributed by atoms with Gasteiger partial charge in [-0.3, -0.25) is 14.4 Å². The second-order valence-corrected chi connectivity index (χ2v) is 8.07. The van der Waals surface area contributed by atoms with Gasteiger partial charge in [-0.05, 0) is 47.8 Å². The number of nitrogens with zero attached hydrogens (tertiary/aromatic N) is 4. The number of aryl methyl sites for hydroxylation is 1. The molecule has 0 spiro atoms. The smallest absolute Gasteiger partial charge is 0.250 e. The summed E-state index contributed by atoms with van der Waals surface area (Å²) in [6.45, 7) is 10.3. The standard InChI is InChI=1S/C19H25BrN4O/c1-15-6-4-5-7-16(15)13-22-8-10-23(11-9-22)18(25)19(2,3)24-14-17(20)12-21-24/h4-7,12,14H,8-11,13H2,1-3H3. The summed E-state index contributed by atoms with van der Waals surface area (Å²) in [5.74, 6) is 0.124. The predicted molar refractivity (Wildman–Crippen MR) is 102 cm³/mol. The summed E-state index contributed by atoms with van der Waals surface area (Å²) in [7, 11) is 0. The van der Waals surface area contributed by atoms with E-state index in [0.29, 0.717) is 0 Å². The third-order valence-electron chi connectivity index (χ3n) is 4.96. The van der Waals surface area contributed by atoms with E-state index in [2.05, 4.69) is 57.1 Å². The minimum Gasteiger partial charge on any atom is -0.338 e. The van der Waals surface area contributed by atoms with Crippen LogP contribution in [0.15, 0.2) is 41.1 Å². The van der Waals surface area contributed by atoms with Crippen molar-refractivity contribution < 1.29 is 4.79 Å². The Hall–Kier alpha value is -1.66. The molecule has 0 radical (unpaired) electrons. The highest BCUT2D eigenvalue weighted by Gasteiger charge is 2.35. The quantitative estimate of drug-likeness (QED) is 0.786. The van der Waals surface area contributed by atoms with Gasteiger partial charge in [0.15, 0.2) is 0 Å². The molecule has 0 bridgehead atoms. The molecule has 1 aliphatic heterocycles. The monoisotopic (exact) mass is 404 g/mol. The molecule has 6 heteroatoms. The zero-order valence-electron chi connectivity index (χ0n) is 15.1. The molecule has 1 aliphatic rings. The summed E-state index contributed by atoms with van der Waals surface area (Å²) in [6.07, 6.45) is 3.57. The molecule has 1 amide bonds. The SMILES string of the molecule is Cc1ccccc1CN1CCN(C(=O)C(C)(C)n2cc(Br)cn2)CC1. The maximum Gasteiger partial charge on any atom is 0.250 e. The van der Waals surface area contributed by atoms with Crippen molar-refractivity contribution in [3.8, 4) is 0 Å². The van der Waals surface area contributed by atoms with Gasteiger partial charge in [0, 0.05) is 38.9 Å². The van der Waals surface area contributed by atoms with E-state index in [1.807, 2.05) is 24.9 Å². The number of hydrogen-bond acceptors (Lipinski definition) is 3. The van der Waals surface area contributed by atoms with Crippen LogP contribution in [0.2, 0.25) is 0 Å². The van der Waals surface area contributed by atoms with Crippen molar-refractivity contribution in [1.29, 1.82) is 0 Å². The minimum absolute atomic E-state index is 0.124. The van der Waals surface area contributed by atoms with Gasteiger partial charge in [-0.1, -0.05) is 24.3 Å². The fraction of sp³-hybridized carbons (Fsp3) is 0.474. The molecule has 1 saturated heterocycles. The van der Waals surface area contributed by atoms with Gasteiger partial charge in [-0.15, -0.1) is 0 Å². The van der Waals surface area contributed by atoms with Gasteiger partial charge < -0.3 is 4.90 Å². The number of aromatic nitrogens is 2. The summed E-state index contributed by atoms with van der Waals surface area (Å²) >= 11 is 3.40. The summed E-state index contributed by atoms with van der Waals surface area (Å²) in [4.78, 5) is 17.4. The molecule has 134 valence electrons. The maximum absolute atomic E-state index is 13.0. The van der Waals surface area contributed by atoms with Crippen LogP contribution in [-0.4, -0.2) is 51.7 Å². The van der Waals surface area contributed by atoms with Crippen LogP contribution in [0.25, 0.3) is 0 Å². The van der Waals surface area contributed by atoms with Crippen molar-refractivity contribution in [2.75, 3.05) is 26.2 Å². The van der Waals surface area contributed by atoms with E-state index >= 15 is 0 Å². The van der Waals surface area contributed by atoms with Crippen molar-refractivity contribution in [2.24, 2.45) is 0 Å². The third-order valence-corrected chi connectivity index (χ3v) is 5.37. The van der Waals surface area contributed by atoms with E-state index in [0.717, 1.165) is 37.2 Å². The van der Waals surface area contributed by atoms with E-state index in [1.165, 1.54) is 11.1 Å². The molecule has 2 heterocycles. The first kappa shape index (κ1) is 18.1. The molecule has 1 fully saturated rings. The van der Waals surface area contributed by atoms with Crippen molar-refractivity contribution in [1.82, 2.24) is 19.6 Å². The Labute approximate surface area is 157 Å². The number of hydrogen-bond donors (Lipinski definition) is 0. The molecule has 1 aromatic carbocycles. The number of carbonyl (C=O) groups is 1. The molecular weight excluding hydrogens is 380 g/mol. The Morgan fingerprint density at radius 2 is 1.88 bits per heavy atom. The fourth-order valence-corrected chi connectivity index (χ4v) is 3.51. The summed E-state index contributed by atoms with van der Waals surface area (Å²) in [6, 6.07) is 8.50. The molecule has 0 saturated carbocycles. The Morgan fingerprint density at radius 3 is 2.48 bits per heavy atom. The summed E-state index contributed by atoms with van der Waals surface area (Å²) < 4.78 is 2.62. The number of carbonyl (C=O) groups excluding carboxylic acids is 1. The van der Waals surface area contributed by atoms with Crippen molar-refractivity contribution >= 4 is 21.8 Å². The van der Waals surface area contributed by atoms with Gasteiger partial charge in [-0.2, -0.15) is 5.10 Å². The lowest BCUT2D eigenvalue weighted by Gasteiger charge is -2.38. The third kappa shape index (κ3) is 3.96. The van der Waals surface area contributed by atoms with E-state index < -0.39 is 5.54 Å². The molecule has 1 aromatic heterocycles. The van der Waals surface area contributed by atoms with E-state index in [4.69, 9.17) is 0 Å². The molecule has 5 nitrogen and oxygen atoms in total. The van der Waals surface area contributed by atoms with Crippen LogP contribution in [-0.2, 0) is 16.9 Å². The Kier molecular flexibility index (Phi) is 5.29. The van der Waals surface area contributed by atoms with Gasteiger partial charge in [0.2, 0.25) is 5.91 Å². The first-order valence-corrected chi connectivity index (χ1v) is 9.44. The van der Waals surface area contributed by atoms with Crippen molar-refractivity contribution in [3.05, 3.63) is 52.3 Å². The highest BCUT2D eigenvalue weighted by atomic mass is 79.9. The number of rotatable bonds is 4. The fourth-order valence-electron chi connectivity index (χ4n) is 3.23. The highest BCUT2D eigenvalue weighted by Crippen LogP contribution is 2.22. The lowest BCUT2D eigenvalue weighted by molar-refractivity contribution is -0.141. The van der Waals surface area contributed by atoms with Crippen LogP contribution in [0.4, 0.5) is 0 Å². The van der Waals surface area contributed by atoms with E-state index in [-0.39, 0.29) is 5.91 Å². The van der Waals surface area contributed by atoms with Gasteiger partial charge in [-0.25, -0.2) is 0 Å². The first-order valence-electron chi connectivity index (χ1n) is 8.65. The second-order valence-electron chi connectivity index (χ2n) is 7.16. The normalized spacial score (nSPS) is 16.2. The van der Waals surface area contributed by atoms with E-state index in [9.17, 15) is 4.79 Å². The topological polar surface area (TPSA) is 41.4 Å². The van der Waals surface area contributed by atoms with Crippen LogP contribution in [0.5, 0.6) is 0 Å². The average molecular weight is 405 g/mol. The van der Waals surface area contributed by atoms with Crippen LogP contribution >= 0.6 is 15.9 Å². The predicted octanol–water partition coefficient (Wildman–Crippen LogP) is 3.03. The number of benzene rings is 1. The maximum atomic E-state index is 13.0. The Bertz CT molecular complexity index is 747. The van der Waals surface area contributed by atoms with Crippen LogP contribution in [0.1, 0.15) is 25.0 Å². The Morgan fingerprint density at radius 1 is 1.20 bits per heavy atom. The van der Waals surface area contributed by atoms with Crippen LogP contribution in [0, 0.1) is 6.92 Å². The number of halogens is 1. The lowest BCUT2D eigenvalue weighted by Crippen LogP contribution is -2.54. The Balaban J connectivity index is 1.60. The lowest BCUT2D eigenvalue weighted by atomic mass is 10.0. The van der Waals surface area contributed by atoms with Crippen molar-refractivity contribution in [3.63, 3.8) is 0 Å². The van der Waals surface area contributed by atoms with Gasteiger partial charge in [0.1, 0.15) is 5.54 Å². The van der Waals surface area contributed by atoms with Gasteiger partial charge >= 0.3 is 0 Å². The first-order chi connectivity index (χ1) is 11.9. The van der Waals surface area contributed by atoms with Crippen LogP contribution in [0.3, 0.4) is 0 Å². The molecular formula is C19H25BrN4O. The molecule has 0 atom stereocenters. The number of piperazine rings is 1. The largest absolute Gasteiger partial charge is 0.338 e. The highest BCUT2D eigenvalue weighted by molar-refractivity contribution is 9.10. The summed E-state index contributed by atoms with van der Waals surface area (Å²) in [5.41, 5.74) is 2.01. The van der Waals surface area contributed by atoms with E-state index in [1.54, 1.807) is 10.9 Å². The second kappa shape index (κ2) is 7.30. The van der Waals surface area contributed by atoms with Crippen molar-refractivity contribution in [2.45, 2.75) is 32.9 Å². The molecule has 3 rings (SSSR count). The van der Waals surface area contributed by atoms with Gasteiger partial charge in [0.05, 0.1) is 10.7 Å². The molecule has 2 aromatic rings. The number of amides is 1. The van der Waals surface area contributed by atoms with Crippen LogP contribution < -0.4 is 0 Å². The molecule has 0 aliphatic carbocycles. The molecule has 25 heavy (non-hydrogen) atoms. The molecule has 0 unspecified atom stereocenters. The molecule has 0 N–H and O–H groups in total. The van der Waals surface area contributed by atoms with Gasteiger partial charge in [0.25, 0.3) is 0 Å². The average Bonchev–Trinajstić information content (AvgIpc) is 3.04. The minimum atomic E-state index is -0.676. The zero-order chi connectivity index (χ0) is 18.0. The summed E-state index contributed by atoms with van der Waals surface area (Å²) in [5, 5.41) is 4.30. The zero-order valence-corrected chi connectivity index (χ0v) is 16.7.